The molecule has 2 aromatic rings. The van der Waals surface area contributed by atoms with E-state index in [0.717, 1.165) is 5.56 Å². The average Bonchev–Trinajstić information content (AvgIpc) is 2.96. The second-order valence-electron chi connectivity index (χ2n) is 4.46. The number of carboxylic acid groups (broad SMARTS) is 1. The Morgan fingerprint density at radius 3 is 2.77 bits per heavy atom. The largest absolute Gasteiger partial charge is 0.481 e. The van der Waals surface area contributed by atoms with Crippen molar-refractivity contribution in [3.8, 4) is 11.3 Å². The second kappa shape index (κ2) is 8.18. The number of thioether (sulfide) groups is 1. The summed E-state index contributed by atoms with van der Waals surface area (Å²) in [6, 6.07) is 9.59. The molecule has 0 atom stereocenters. The number of amides is 1. The first-order valence-corrected chi connectivity index (χ1v) is 7.82. The molecule has 0 aliphatic carbocycles. The van der Waals surface area contributed by atoms with E-state index in [1.54, 1.807) is 6.20 Å². The van der Waals surface area contributed by atoms with Gasteiger partial charge in [-0.25, -0.2) is 4.68 Å². The number of benzene rings is 1. The van der Waals surface area contributed by atoms with Crippen LogP contribution in [0.1, 0.15) is 0 Å². The minimum absolute atomic E-state index is 0.0411. The second-order valence-corrected chi connectivity index (χ2v) is 5.57. The number of aliphatic carboxylic acids is 1. The van der Waals surface area contributed by atoms with Crippen LogP contribution in [0.5, 0.6) is 0 Å². The van der Waals surface area contributed by atoms with E-state index in [9.17, 15) is 9.59 Å². The summed E-state index contributed by atoms with van der Waals surface area (Å²) in [5.41, 5.74) is 1.66. The van der Waals surface area contributed by atoms with Gasteiger partial charge in [0.25, 0.3) is 0 Å². The molecule has 1 amide bonds. The smallest absolute Gasteiger partial charge is 0.313 e. The summed E-state index contributed by atoms with van der Waals surface area (Å²) in [6.07, 6.45) is 1.72. The maximum Gasteiger partial charge on any atom is 0.313 e. The van der Waals surface area contributed by atoms with Gasteiger partial charge in [0.2, 0.25) is 5.91 Å². The van der Waals surface area contributed by atoms with Crippen molar-refractivity contribution in [2.24, 2.45) is 0 Å². The third kappa shape index (κ3) is 5.21. The van der Waals surface area contributed by atoms with Gasteiger partial charge < -0.3 is 10.4 Å². The fourth-order valence-corrected chi connectivity index (χ4v) is 2.31. The van der Waals surface area contributed by atoms with Crippen LogP contribution in [0.2, 0.25) is 0 Å². The van der Waals surface area contributed by atoms with E-state index in [1.165, 1.54) is 16.4 Å². The van der Waals surface area contributed by atoms with E-state index < -0.39 is 5.97 Å². The van der Waals surface area contributed by atoms with Crippen molar-refractivity contribution in [2.75, 3.05) is 18.1 Å². The average molecular weight is 320 g/mol. The number of carbonyl (C=O) groups is 2. The lowest BCUT2D eigenvalue weighted by molar-refractivity contribution is -0.133. The molecule has 0 saturated heterocycles. The maximum absolute atomic E-state index is 11.7. The monoisotopic (exact) mass is 320 g/mol. The van der Waals surface area contributed by atoms with Crippen molar-refractivity contribution in [1.82, 2.24) is 20.3 Å². The number of hydrogen-bond donors (Lipinski definition) is 2. The molecule has 1 heterocycles. The number of aromatic nitrogens is 3. The van der Waals surface area contributed by atoms with E-state index in [4.69, 9.17) is 5.11 Å². The number of carboxylic acids is 1. The number of carbonyl (C=O) groups excluding carboxylic acids is 1. The molecule has 0 unspecified atom stereocenters. The lowest BCUT2D eigenvalue weighted by Gasteiger charge is -2.04. The molecule has 0 saturated carbocycles. The molecule has 2 N–H and O–H groups in total. The minimum atomic E-state index is -0.854. The highest BCUT2D eigenvalue weighted by Crippen LogP contribution is 2.14. The van der Waals surface area contributed by atoms with E-state index in [0.29, 0.717) is 18.0 Å². The zero-order chi connectivity index (χ0) is 15.8. The molecule has 0 aliphatic heterocycles. The first kappa shape index (κ1) is 16.0. The summed E-state index contributed by atoms with van der Waals surface area (Å²) in [7, 11) is 0. The first-order valence-electron chi connectivity index (χ1n) is 6.67. The quantitative estimate of drug-likeness (QED) is 0.701. The molecule has 8 heteroatoms. The van der Waals surface area contributed by atoms with Gasteiger partial charge in [-0.05, 0) is 0 Å². The van der Waals surface area contributed by atoms with Crippen LogP contribution in [0.15, 0.2) is 36.5 Å². The van der Waals surface area contributed by atoms with Gasteiger partial charge in [0.15, 0.2) is 0 Å². The fourth-order valence-electron chi connectivity index (χ4n) is 1.74. The summed E-state index contributed by atoms with van der Waals surface area (Å²) >= 11 is 1.26. The Morgan fingerprint density at radius 1 is 1.27 bits per heavy atom. The third-order valence-electron chi connectivity index (χ3n) is 2.71. The predicted molar refractivity (Wildman–Crippen MR) is 83.4 cm³/mol. The van der Waals surface area contributed by atoms with E-state index in [-0.39, 0.29) is 18.2 Å². The molecular formula is C14H16N4O3S. The van der Waals surface area contributed by atoms with Gasteiger partial charge in [0.05, 0.1) is 11.9 Å². The van der Waals surface area contributed by atoms with Gasteiger partial charge in [0, 0.05) is 17.9 Å². The SMILES string of the molecule is O=C(O)CSCCNC(=O)Cn1cc(-c2ccccc2)nn1. The summed E-state index contributed by atoms with van der Waals surface area (Å²) in [4.78, 5) is 22.1. The zero-order valence-electron chi connectivity index (χ0n) is 11.8. The lowest BCUT2D eigenvalue weighted by atomic mass is 10.2. The molecule has 0 fully saturated rings. The Kier molecular flexibility index (Phi) is 5.96. The molecular weight excluding hydrogens is 304 g/mol. The fraction of sp³-hybridized carbons (Fsp3) is 0.286. The number of hydrogen-bond acceptors (Lipinski definition) is 5. The van der Waals surface area contributed by atoms with E-state index in [2.05, 4.69) is 15.6 Å². The van der Waals surface area contributed by atoms with Crippen LogP contribution in [0.4, 0.5) is 0 Å². The Morgan fingerprint density at radius 2 is 2.05 bits per heavy atom. The summed E-state index contributed by atoms with van der Waals surface area (Å²) < 4.78 is 1.47. The van der Waals surface area contributed by atoms with Crippen LogP contribution in [0, 0.1) is 0 Å². The molecule has 2 rings (SSSR count). The van der Waals surface area contributed by atoms with Gasteiger partial charge in [-0.3, -0.25) is 9.59 Å². The molecule has 1 aromatic heterocycles. The summed E-state index contributed by atoms with van der Waals surface area (Å²) in [6.45, 7) is 0.514. The molecule has 7 nitrogen and oxygen atoms in total. The standard InChI is InChI=1S/C14H16N4O3S/c19-13(15-6-7-22-10-14(20)21)9-18-8-12(16-17-18)11-4-2-1-3-5-11/h1-5,8H,6-7,9-10H2,(H,15,19)(H,20,21). The van der Waals surface area contributed by atoms with E-state index >= 15 is 0 Å². The van der Waals surface area contributed by atoms with Crippen molar-refractivity contribution < 1.29 is 14.7 Å². The third-order valence-corrected chi connectivity index (χ3v) is 3.65. The lowest BCUT2D eigenvalue weighted by Crippen LogP contribution is -2.29. The first-order chi connectivity index (χ1) is 10.6. The molecule has 0 radical (unpaired) electrons. The van der Waals surface area contributed by atoms with Crippen LogP contribution in [0.3, 0.4) is 0 Å². The highest BCUT2D eigenvalue weighted by molar-refractivity contribution is 7.99. The zero-order valence-corrected chi connectivity index (χ0v) is 12.6. The predicted octanol–water partition coefficient (Wildman–Crippen LogP) is 0.879. The van der Waals surface area contributed by atoms with Crippen molar-refractivity contribution >= 4 is 23.6 Å². The van der Waals surface area contributed by atoms with Crippen LogP contribution in [0.25, 0.3) is 11.3 Å². The highest BCUT2D eigenvalue weighted by Gasteiger charge is 2.07. The van der Waals surface area contributed by atoms with Crippen molar-refractivity contribution in [3.63, 3.8) is 0 Å². The minimum Gasteiger partial charge on any atom is -0.481 e. The Balaban J connectivity index is 1.76. The maximum atomic E-state index is 11.7. The molecule has 0 spiro atoms. The Hall–Kier alpha value is -2.35. The Bertz CT molecular complexity index is 630. The molecule has 22 heavy (non-hydrogen) atoms. The van der Waals surface area contributed by atoms with Crippen LogP contribution in [-0.2, 0) is 16.1 Å². The van der Waals surface area contributed by atoms with E-state index in [1.807, 2.05) is 30.3 Å². The van der Waals surface area contributed by atoms with Gasteiger partial charge in [-0.2, -0.15) is 0 Å². The van der Waals surface area contributed by atoms with Crippen LogP contribution in [-0.4, -0.2) is 50.0 Å². The molecule has 0 aliphatic rings. The normalized spacial score (nSPS) is 10.4. The topological polar surface area (TPSA) is 97.1 Å². The molecule has 116 valence electrons. The van der Waals surface area contributed by atoms with Crippen molar-refractivity contribution in [1.29, 1.82) is 0 Å². The van der Waals surface area contributed by atoms with Crippen molar-refractivity contribution in [3.05, 3.63) is 36.5 Å². The molecule has 1 aromatic carbocycles. The van der Waals surface area contributed by atoms with Gasteiger partial charge in [-0.1, -0.05) is 35.5 Å². The van der Waals surface area contributed by atoms with Crippen molar-refractivity contribution in [2.45, 2.75) is 6.54 Å². The Labute approximate surface area is 131 Å². The van der Waals surface area contributed by atoms with Crippen LogP contribution >= 0.6 is 11.8 Å². The molecule has 0 bridgehead atoms. The highest BCUT2D eigenvalue weighted by atomic mass is 32.2. The van der Waals surface area contributed by atoms with Crippen LogP contribution < -0.4 is 5.32 Å². The number of rotatable bonds is 8. The van der Waals surface area contributed by atoms with Gasteiger partial charge in [0.1, 0.15) is 12.2 Å². The number of nitrogens with zero attached hydrogens (tertiary/aromatic N) is 3. The van der Waals surface area contributed by atoms with Gasteiger partial charge in [-0.15, -0.1) is 16.9 Å². The summed E-state index contributed by atoms with van der Waals surface area (Å²) in [5, 5.41) is 19.2. The number of nitrogens with one attached hydrogen (secondary N) is 1. The van der Waals surface area contributed by atoms with Gasteiger partial charge >= 0.3 is 5.97 Å². The summed E-state index contributed by atoms with van der Waals surface area (Å²) in [5.74, 6) is -0.433.